The molecule has 3 nitrogen and oxygen atoms in total. The van der Waals surface area contributed by atoms with Crippen molar-refractivity contribution >= 4 is 10.8 Å². The third-order valence-electron chi connectivity index (χ3n) is 4.02. The van der Waals surface area contributed by atoms with Gasteiger partial charge in [-0.15, -0.1) is 0 Å². The standard InChI is InChI=1S/C17H21NO2/c19-15(12-18-10-3-4-11-18)13-20-17-9-5-7-14-6-1-2-8-16(14)17/h1-2,5-9,15,19H,3-4,10-13H2/p+1/t15-/m0/s1. The van der Waals surface area contributed by atoms with Crippen LogP contribution >= 0.6 is 0 Å². The fourth-order valence-electron chi connectivity index (χ4n) is 2.98. The van der Waals surface area contributed by atoms with Crippen molar-refractivity contribution in [3.8, 4) is 5.75 Å². The Morgan fingerprint density at radius 1 is 1.05 bits per heavy atom. The summed E-state index contributed by atoms with van der Waals surface area (Å²) in [6.07, 6.45) is 2.18. The zero-order valence-electron chi connectivity index (χ0n) is 11.7. The van der Waals surface area contributed by atoms with Gasteiger partial charge in [0.25, 0.3) is 0 Å². The smallest absolute Gasteiger partial charge is 0.137 e. The molecule has 1 aliphatic heterocycles. The maximum absolute atomic E-state index is 10.1. The van der Waals surface area contributed by atoms with Crippen LogP contribution in [0.1, 0.15) is 12.8 Å². The number of hydrogen-bond donors (Lipinski definition) is 2. The first kappa shape index (κ1) is 13.4. The number of aliphatic hydroxyl groups excluding tert-OH is 1. The molecule has 0 aromatic heterocycles. The quantitative estimate of drug-likeness (QED) is 0.859. The van der Waals surface area contributed by atoms with Gasteiger partial charge >= 0.3 is 0 Å². The second-order valence-corrected chi connectivity index (χ2v) is 5.60. The molecule has 0 unspecified atom stereocenters. The van der Waals surface area contributed by atoms with Crippen molar-refractivity contribution < 1.29 is 14.7 Å². The highest BCUT2D eigenvalue weighted by atomic mass is 16.5. The molecule has 0 amide bonds. The van der Waals surface area contributed by atoms with Gasteiger partial charge in [-0.1, -0.05) is 36.4 Å². The van der Waals surface area contributed by atoms with Crippen LogP contribution < -0.4 is 9.64 Å². The Balaban J connectivity index is 1.61. The molecule has 1 fully saturated rings. The first-order chi connectivity index (χ1) is 9.83. The molecule has 1 atom stereocenters. The van der Waals surface area contributed by atoms with E-state index in [1.807, 2.05) is 24.3 Å². The number of likely N-dealkylation sites (tertiary alicyclic amines) is 1. The third-order valence-corrected chi connectivity index (χ3v) is 4.02. The first-order valence-corrected chi connectivity index (χ1v) is 7.45. The Morgan fingerprint density at radius 3 is 2.65 bits per heavy atom. The largest absolute Gasteiger partial charge is 0.490 e. The van der Waals surface area contributed by atoms with Crippen molar-refractivity contribution in [3.63, 3.8) is 0 Å². The monoisotopic (exact) mass is 272 g/mol. The maximum atomic E-state index is 10.1. The summed E-state index contributed by atoms with van der Waals surface area (Å²) in [5.41, 5.74) is 0. The van der Waals surface area contributed by atoms with Crippen molar-refractivity contribution in [2.75, 3.05) is 26.2 Å². The van der Waals surface area contributed by atoms with E-state index in [-0.39, 0.29) is 6.10 Å². The van der Waals surface area contributed by atoms with Crippen LogP contribution in [-0.4, -0.2) is 37.5 Å². The van der Waals surface area contributed by atoms with Gasteiger partial charge in [-0.2, -0.15) is 0 Å². The van der Waals surface area contributed by atoms with Gasteiger partial charge in [0, 0.05) is 18.2 Å². The highest BCUT2D eigenvalue weighted by Crippen LogP contribution is 2.25. The molecule has 20 heavy (non-hydrogen) atoms. The zero-order valence-corrected chi connectivity index (χ0v) is 11.7. The number of benzene rings is 2. The van der Waals surface area contributed by atoms with Crippen molar-refractivity contribution in [1.29, 1.82) is 0 Å². The lowest BCUT2D eigenvalue weighted by Gasteiger charge is -2.17. The normalized spacial score (nSPS) is 17.4. The molecule has 2 N–H and O–H groups in total. The van der Waals surface area contributed by atoms with E-state index < -0.39 is 0 Å². The van der Waals surface area contributed by atoms with Gasteiger partial charge in [-0.3, -0.25) is 0 Å². The highest BCUT2D eigenvalue weighted by molar-refractivity contribution is 5.88. The number of fused-ring (bicyclic) bond motifs is 1. The molecular formula is C17H22NO2+. The molecular weight excluding hydrogens is 250 g/mol. The lowest BCUT2D eigenvalue weighted by atomic mass is 10.1. The van der Waals surface area contributed by atoms with E-state index in [1.54, 1.807) is 0 Å². The predicted octanol–water partition coefficient (Wildman–Crippen LogP) is 1.26. The first-order valence-electron chi connectivity index (χ1n) is 7.45. The molecule has 3 heteroatoms. The second kappa shape index (κ2) is 6.25. The third kappa shape index (κ3) is 3.11. The van der Waals surface area contributed by atoms with Crippen LogP contribution in [0.4, 0.5) is 0 Å². The van der Waals surface area contributed by atoms with Crippen molar-refractivity contribution in [3.05, 3.63) is 42.5 Å². The summed E-state index contributed by atoms with van der Waals surface area (Å²) in [4.78, 5) is 1.50. The number of nitrogens with one attached hydrogen (secondary N) is 1. The summed E-state index contributed by atoms with van der Waals surface area (Å²) in [5, 5.41) is 12.4. The minimum Gasteiger partial charge on any atom is -0.490 e. The molecule has 106 valence electrons. The Hall–Kier alpha value is -1.58. The van der Waals surface area contributed by atoms with E-state index in [4.69, 9.17) is 4.74 Å². The lowest BCUT2D eigenvalue weighted by Crippen LogP contribution is -3.11. The summed E-state index contributed by atoms with van der Waals surface area (Å²) in [7, 11) is 0. The van der Waals surface area contributed by atoms with Crippen LogP contribution in [0.5, 0.6) is 5.75 Å². The molecule has 2 aromatic rings. The molecule has 0 saturated carbocycles. The zero-order chi connectivity index (χ0) is 13.8. The van der Waals surface area contributed by atoms with Crippen LogP contribution in [0, 0.1) is 0 Å². The van der Waals surface area contributed by atoms with E-state index in [9.17, 15) is 5.11 Å². The summed E-state index contributed by atoms with van der Waals surface area (Å²) in [5.74, 6) is 0.860. The molecule has 1 aliphatic rings. The fraction of sp³-hybridized carbons (Fsp3) is 0.412. The van der Waals surface area contributed by atoms with E-state index in [1.165, 1.54) is 36.2 Å². The van der Waals surface area contributed by atoms with Crippen molar-refractivity contribution in [2.24, 2.45) is 0 Å². The Labute approximate surface area is 119 Å². The van der Waals surface area contributed by atoms with Crippen LogP contribution in [0.3, 0.4) is 0 Å². The summed E-state index contributed by atoms with van der Waals surface area (Å²) >= 11 is 0. The predicted molar refractivity (Wildman–Crippen MR) is 80.2 cm³/mol. The Kier molecular flexibility index (Phi) is 4.19. The summed E-state index contributed by atoms with van der Waals surface area (Å²) < 4.78 is 5.83. The molecule has 0 aliphatic carbocycles. The van der Waals surface area contributed by atoms with E-state index in [0.717, 1.165) is 17.7 Å². The van der Waals surface area contributed by atoms with Gasteiger partial charge in [0.15, 0.2) is 0 Å². The Bertz CT molecular complexity index is 558. The van der Waals surface area contributed by atoms with Crippen LogP contribution in [0.25, 0.3) is 10.8 Å². The summed E-state index contributed by atoms with van der Waals surface area (Å²) in [6.45, 7) is 3.54. The van der Waals surface area contributed by atoms with Gasteiger partial charge < -0.3 is 14.7 Å². The van der Waals surface area contributed by atoms with Crippen LogP contribution in [-0.2, 0) is 0 Å². The van der Waals surface area contributed by atoms with Gasteiger partial charge in [0.2, 0.25) is 0 Å². The second-order valence-electron chi connectivity index (χ2n) is 5.60. The summed E-state index contributed by atoms with van der Waals surface area (Å²) in [6, 6.07) is 14.2. The van der Waals surface area contributed by atoms with Gasteiger partial charge in [0.05, 0.1) is 13.1 Å². The van der Waals surface area contributed by atoms with Gasteiger partial charge in [-0.25, -0.2) is 0 Å². The molecule has 0 bridgehead atoms. The van der Waals surface area contributed by atoms with E-state index in [2.05, 4.69) is 18.2 Å². The average Bonchev–Trinajstić information content (AvgIpc) is 2.98. The maximum Gasteiger partial charge on any atom is 0.137 e. The number of quaternary nitrogens is 1. The minimum absolute atomic E-state index is 0.373. The number of aliphatic hydroxyl groups is 1. The van der Waals surface area contributed by atoms with Crippen LogP contribution in [0.2, 0.25) is 0 Å². The van der Waals surface area contributed by atoms with Crippen molar-refractivity contribution in [2.45, 2.75) is 18.9 Å². The molecule has 2 aromatic carbocycles. The van der Waals surface area contributed by atoms with Gasteiger partial charge in [0.1, 0.15) is 25.0 Å². The average molecular weight is 272 g/mol. The molecule has 3 rings (SSSR count). The topological polar surface area (TPSA) is 33.9 Å². The minimum atomic E-state index is -0.387. The SMILES string of the molecule is O[C@H](COc1cccc2ccccc12)C[NH+]1CCCC1. The van der Waals surface area contributed by atoms with Crippen molar-refractivity contribution in [1.82, 2.24) is 0 Å². The van der Waals surface area contributed by atoms with Crippen LogP contribution in [0.15, 0.2) is 42.5 Å². The lowest BCUT2D eigenvalue weighted by molar-refractivity contribution is -0.890. The van der Waals surface area contributed by atoms with Gasteiger partial charge in [-0.05, 0) is 11.5 Å². The number of rotatable bonds is 5. The van der Waals surface area contributed by atoms with E-state index in [0.29, 0.717) is 6.61 Å². The molecule has 1 heterocycles. The Morgan fingerprint density at radius 2 is 1.80 bits per heavy atom. The number of ether oxygens (including phenoxy) is 1. The molecule has 1 saturated heterocycles. The number of hydrogen-bond acceptors (Lipinski definition) is 2. The van der Waals surface area contributed by atoms with E-state index >= 15 is 0 Å². The fourth-order valence-corrected chi connectivity index (χ4v) is 2.98. The molecule has 0 spiro atoms. The highest BCUT2D eigenvalue weighted by Gasteiger charge is 2.19. The molecule has 0 radical (unpaired) electrons.